The van der Waals surface area contributed by atoms with Gasteiger partial charge in [0.15, 0.2) is 0 Å². The smallest absolute Gasteiger partial charge is 0.254 e. The Bertz CT molecular complexity index is 1310. The number of carbonyl (C=O) groups is 2. The van der Waals surface area contributed by atoms with Crippen molar-refractivity contribution >= 4 is 22.6 Å². The number of rotatable bonds is 6. The van der Waals surface area contributed by atoms with E-state index < -0.39 is 22.5 Å². The molecule has 0 fully saturated rings. The van der Waals surface area contributed by atoms with Gasteiger partial charge in [0.25, 0.3) is 5.91 Å². The minimum absolute atomic E-state index is 0.137. The number of nitrogens with zero attached hydrogens (tertiary/aromatic N) is 1. The first-order valence-electron chi connectivity index (χ1n) is 11.5. The van der Waals surface area contributed by atoms with Gasteiger partial charge in [0, 0.05) is 34.6 Å². The third-order valence-electron chi connectivity index (χ3n) is 6.13. The van der Waals surface area contributed by atoms with Gasteiger partial charge in [-0.15, -0.1) is 0 Å². The van der Waals surface area contributed by atoms with Gasteiger partial charge in [0.05, 0.1) is 22.2 Å². The molecule has 182 valence electrons. The van der Waals surface area contributed by atoms with E-state index in [2.05, 4.69) is 0 Å². The van der Waals surface area contributed by atoms with Crippen molar-refractivity contribution in [3.63, 3.8) is 0 Å². The molecule has 6 nitrogen and oxygen atoms in total. The molecule has 35 heavy (non-hydrogen) atoms. The summed E-state index contributed by atoms with van der Waals surface area (Å²) >= 11 is 0. The van der Waals surface area contributed by atoms with E-state index in [0.717, 1.165) is 16.7 Å². The normalized spacial score (nSPS) is 14.0. The molecule has 1 aliphatic heterocycles. The van der Waals surface area contributed by atoms with Crippen LogP contribution in [0.25, 0.3) is 11.1 Å². The Morgan fingerprint density at radius 1 is 1.06 bits per heavy atom. The van der Waals surface area contributed by atoms with Gasteiger partial charge < -0.3 is 15.4 Å². The van der Waals surface area contributed by atoms with Gasteiger partial charge in [-0.1, -0.05) is 32.0 Å². The lowest BCUT2D eigenvalue weighted by atomic mass is 10.00. The molecule has 3 aromatic rings. The lowest BCUT2D eigenvalue weighted by Gasteiger charge is -2.22. The van der Waals surface area contributed by atoms with Crippen LogP contribution in [-0.4, -0.2) is 39.8 Å². The van der Waals surface area contributed by atoms with Crippen LogP contribution in [0.2, 0.25) is 0 Å². The topological polar surface area (TPSA) is 89.7 Å². The Morgan fingerprint density at radius 2 is 1.77 bits per heavy atom. The van der Waals surface area contributed by atoms with Gasteiger partial charge in [0.2, 0.25) is 5.91 Å². The molecule has 2 N–H and O–H groups in total. The van der Waals surface area contributed by atoms with Gasteiger partial charge in [-0.05, 0) is 53.9 Å². The maximum atomic E-state index is 15.1. The molecule has 0 saturated heterocycles. The van der Waals surface area contributed by atoms with Crippen LogP contribution in [0.1, 0.15) is 45.7 Å². The van der Waals surface area contributed by atoms with Crippen LogP contribution in [0.5, 0.6) is 5.75 Å². The molecule has 8 heteroatoms. The number of hydrogen-bond acceptors (Lipinski definition) is 4. The molecule has 1 atom stereocenters. The Balaban J connectivity index is 1.64. The van der Waals surface area contributed by atoms with Crippen LogP contribution >= 0.6 is 0 Å². The fraction of sp³-hybridized carbons (Fsp3) is 0.259. The summed E-state index contributed by atoms with van der Waals surface area (Å²) in [5, 5.41) is 0. The molecule has 4 rings (SSSR count). The van der Waals surface area contributed by atoms with E-state index in [1.807, 2.05) is 30.3 Å². The molecule has 1 unspecified atom stereocenters. The molecule has 1 aliphatic rings. The van der Waals surface area contributed by atoms with Gasteiger partial charge in [-0.2, -0.15) is 0 Å². The highest BCUT2D eigenvalue weighted by atomic mass is 32.2. The number of halogens is 1. The number of carbonyl (C=O) groups excluding carboxylic acids is 2. The second kappa shape index (κ2) is 10.4. The van der Waals surface area contributed by atoms with Crippen LogP contribution in [0.3, 0.4) is 0 Å². The lowest BCUT2D eigenvalue weighted by Crippen LogP contribution is -2.33. The van der Waals surface area contributed by atoms with Crippen molar-refractivity contribution in [1.82, 2.24) is 4.90 Å². The number of benzene rings is 3. The van der Waals surface area contributed by atoms with Crippen LogP contribution in [-0.2, 0) is 23.8 Å². The van der Waals surface area contributed by atoms with E-state index in [1.165, 1.54) is 6.07 Å². The molecule has 0 bridgehead atoms. The fourth-order valence-corrected chi connectivity index (χ4v) is 5.08. The first kappa shape index (κ1) is 24.6. The molecule has 0 saturated carbocycles. The summed E-state index contributed by atoms with van der Waals surface area (Å²) < 4.78 is 33.2. The zero-order valence-corrected chi connectivity index (χ0v) is 20.5. The highest BCUT2D eigenvalue weighted by Crippen LogP contribution is 2.31. The SMILES string of the molecule is CCc1c(C(=O)N2CCOc3ccc(-c4ccc(C(N)=O)cc4)cc3C2)ccc(S(=O)CC)c1F. The van der Waals surface area contributed by atoms with Crippen molar-refractivity contribution in [3.05, 3.63) is 82.7 Å². The van der Waals surface area contributed by atoms with E-state index in [-0.39, 0.29) is 21.9 Å². The Kier molecular flexibility index (Phi) is 7.31. The molecule has 0 aromatic heterocycles. The zero-order valence-electron chi connectivity index (χ0n) is 19.7. The molecular formula is C27H27FN2O4S. The van der Waals surface area contributed by atoms with Crippen molar-refractivity contribution in [2.45, 2.75) is 31.7 Å². The minimum atomic E-state index is -1.44. The zero-order chi connectivity index (χ0) is 25.1. The summed E-state index contributed by atoms with van der Waals surface area (Å²) in [4.78, 5) is 26.6. The van der Waals surface area contributed by atoms with Crippen LogP contribution in [0.15, 0.2) is 59.5 Å². The van der Waals surface area contributed by atoms with E-state index in [0.29, 0.717) is 43.2 Å². The Hall–Kier alpha value is -3.52. The van der Waals surface area contributed by atoms with Crippen molar-refractivity contribution in [2.24, 2.45) is 5.73 Å². The average Bonchev–Trinajstić information content (AvgIpc) is 3.09. The van der Waals surface area contributed by atoms with Crippen molar-refractivity contribution in [2.75, 3.05) is 18.9 Å². The molecular weight excluding hydrogens is 467 g/mol. The summed E-state index contributed by atoms with van der Waals surface area (Å²) in [6, 6.07) is 15.8. The number of ether oxygens (including phenoxy) is 1. The van der Waals surface area contributed by atoms with Crippen LogP contribution < -0.4 is 10.5 Å². The summed E-state index contributed by atoms with van der Waals surface area (Å²) in [7, 11) is -1.44. The third-order valence-corrected chi connectivity index (χ3v) is 7.46. The summed E-state index contributed by atoms with van der Waals surface area (Å²) in [6.45, 7) is 4.48. The largest absolute Gasteiger partial charge is 0.491 e. The van der Waals surface area contributed by atoms with E-state index >= 15 is 4.39 Å². The van der Waals surface area contributed by atoms with Crippen LogP contribution in [0.4, 0.5) is 4.39 Å². The van der Waals surface area contributed by atoms with Crippen LogP contribution in [0, 0.1) is 5.82 Å². The van der Waals surface area contributed by atoms with E-state index in [4.69, 9.17) is 10.5 Å². The number of fused-ring (bicyclic) bond motifs is 1. The standard InChI is InChI=1S/C27H27FN2O4S/c1-3-21-22(10-12-24(25(21)28)35(33)4-2)27(32)30-13-14-34-23-11-9-19(15-20(23)16-30)17-5-7-18(8-6-17)26(29)31/h5-12,15H,3-4,13-14,16H2,1-2H3,(H2,29,31). The fourth-order valence-electron chi connectivity index (χ4n) is 4.22. The van der Waals surface area contributed by atoms with Gasteiger partial charge >= 0.3 is 0 Å². The third kappa shape index (κ3) is 4.98. The maximum Gasteiger partial charge on any atom is 0.254 e. The number of nitrogens with two attached hydrogens (primary N) is 1. The summed E-state index contributed by atoms with van der Waals surface area (Å²) in [5.74, 6) is -0.346. The minimum Gasteiger partial charge on any atom is -0.491 e. The number of amides is 2. The second-order valence-corrected chi connectivity index (χ2v) is 9.94. The van der Waals surface area contributed by atoms with Crippen molar-refractivity contribution in [1.29, 1.82) is 0 Å². The molecule has 0 aliphatic carbocycles. The van der Waals surface area contributed by atoms with Gasteiger partial charge in [-0.3, -0.25) is 13.8 Å². The van der Waals surface area contributed by atoms with E-state index in [1.54, 1.807) is 36.9 Å². The molecule has 0 radical (unpaired) electrons. The molecule has 0 spiro atoms. The van der Waals surface area contributed by atoms with Crippen molar-refractivity contribution < 1.29 is 22.9 Å². The van der Waals surface area contributed by atoms with E-state index in [9.17, 15) is 13.8 Å². The highest BCUT2D eigenvalue weighted by molar-refractivity contribution is 7.85. The first-order valence-corrected chi connectivity index (χ1v) is 12.8. The number of primary amides is 1. The molecule has 3 aromatic carbocycles. The number of hydrogen-bond donors (Lipinski definition) is 1. The Labute approximate surface area is 206 Å². The van der Waals surface area contributed by atoms with Crippen molar-refractivity contribution in [3.8, 4) is 16.9 Å². The lowest BCUT2D eigenvalue weighted by molar-refractivity contribution is 0.0731. The first-order chi connectivity index (χ1) is 16.8. The quantitative estimate of drug-likeness (QED) is 0.553. The maximum absolute atomic E-state index is 15.1. The molecule has 1 heterocycles. The molecule has 2 amide bonds. The predicted octanol–water partition coefficient (Wildman–Crippen LogP) is 4.32. The predicted molar refractivity (Wildman–Crippen MR) is 133 cm³/mol. The average molecular weight is 495 g/mol. The summed E-state index contributed by atoms with van der Waals surface area (Å²) in [5.41, 5.74) is 8.95. The Morgan fingerprint density at radius 3 is 2.43 bits per heavy atom. The monoisotopic (exact) mass is 494 g/mol. The summed E-state index contributed by atoms with van der Waals surface area (Å²) in [6.07, 6.45) is 0.314. The van der Waals surface area contributed by atoms with Gasteiger partial charge in [-0.25, -0.2) is 4.39 Å². The van der Waals surface area contributed by atoms with Gasteiger partial charge in [0.1, 0.15) is 18.2 Å². The second-order valence-electron chi connectivity index (χ2n) is 8.23. The highest BCUT2D eigenvalue weighted by Gasteiger charge is 2.26.